The molecule has 0 unspecified atom stereocenters. The van der Waals surface area contributed by atoms with Crippen LogP contribution < -0.4 is 4.74 Å². The number of ether oxygens (including phenoxy) is 1. The molecule has 1 aliphatic rings. The highest BCUT2D eigenvalue weighted by Gasteiger charge is 2.25. The van der Waals surface area contributed by atoms with Gasteiger partial charge in [-0.05, 0) is 48.7 Å². The summed E-state index contributed by atoms with van der Waals surface area (Å²) in [5.41, 5.74) is 3.76. The maximum atomic E-state index is 12.7. The molecule has 27 heavy (non-hydrogen) atoms. The van der Waals surface area contributed by atoms with Gasteiger partial charge in [0.05, 0.1) is 19.1 Å². The Labute approximate surface area is 159 Å². The molecule has 1 aromatic heterocycles. The summed E-state index contributed by atoms with van der Waals surface area (Å²) in [7, 11) is 1.65. The smallest absolute Gasteiger partial charge is 0.255 e. The maximum absolute atomic E-state index is 12.7. The third-order valence-corrected chi connectivity index (χ3v) is 5.24. The van der Waals surface area contributed by atoms with Crippen molar-refractivity contribution in [2.75, 3.05) is 33.3 Å². The van der Waals surface area contributed by atoms with Gasteiger partial charge in [-0.15, -0.1) is 0 Å². The van der Waals surface area contributed by atoms with E-state index in [9.17, 15) is 9.59 Å². The Morgan fingerprint density at radius 1 is 1.04 bits per heavy atom. The van der Waals surface area contributed by atoms with Crippen LogP contribution in [0, 0.1) is 13.8 Å². The number of benzene rings is 1. The lowest BCUT2D eigenvalue weighted by Crippen LogP contribution is -2.51. The van der Waals surface area contributed by atoms with Gasteiger partial charge in [0, 0.05) is 38.6 Å². The first-order chi connectivity index (χ1) is 13.0. The molecule has 0 saturated carbocycles. The van der Waals surface area contributed by atoms with Crippen molar-refractivity contribution in [1.29, 1.82) is 0 Å². The van der Waals surface area contributed by atoms with Gasteiger partial charge < -0.3 is 14.5 Å². The number of piperazine rings is 1. The third-order valence-electron chi connectivity index (χ3n) is 5.24. The second kappa shape index (κ2) is 8.20. The average Bonchev–Trinajstić information content (AvgIpc) is 2.72. The molecule has 0 spiro atoms. The van der Waals surface area contributed by atoms with Crippen LogP contribution in [0.5, 0.6) is 5.75 Å². The van der Waals surface area contributed by atoms with Gasteiger partial charge in [0.1, 0.15) is 5.75 Å². The van der Waals surface area contributed by atoms with Crippen LogP contribution in [0.15, 0.2) is 36.7 Å². The second-order valence-electron chi connectivity index (χ2n) is 6.77. The molecular formula is C21H25N3O3. The summed E-state index contributed by atoms with van der Waals surface area (Å²) in [4.78, 5) is 32.8. The Morgan fingerprint density at radius 3 is 2.37 bits per heavy atom. The molecule has 0 aliphatic carbocycles. The van der Waals surface area contributed by atoms with Gasteiger partial charge in [-0.1, -0.05) is 6.07 Å². The number of pyridine rings is 1. The number of methoxy groups -OCH3 is 1. The van der Waals surface area contributed by atoms with E-state index in [1.165, 1.54) is 0 Å². The Morgan fingerprint density at radius 2 is 1.74 bits per heavy atom. The van der Waals surface area contributed by atoms with Crippen LogP contribution in [0.3, 0.4) is 0 Å². The number of amides is 2. The summed E-state index contributed by atoms with van der Waals surface area (Å²) in [5, 5.41) is 0. The molecule has 3 rings (SSSR count). The van der Waals surface area contributed by atoms with Gasteiger partial charge in [-0.2, -0.15) is 0 Å². The van der Waals surface area contributed by atoms with E-state index in [4.69, 9.17) is 4.74 Å². The number of rotatable bonds is 4. The van der Waals surface area contributed by atoms with E-state index in [0.717, 1.165) is 22.4 Å². The van der Waals surface area contributed by atoms with Crippen molar-refractivity contribution < 1.29 is 14.3 Å². The molecule has 0 N–H and O–H groups in total. The number of nitrogens with zero attached hydrogens (tertiary/aromatic N) is 3. The summed E-state index contributed by atoms with van der Waals surface area (Å²) >= 11 is 0. The first-order valence-corrected chi connectivity index (χ1v) is 9.11. The summed E-state index contributed by atoms with van der Waals surface area (Å²) < 4.78 is 5.34. The lowest BCUT2D eigenvalue weighted by atomic mass is 9.99. The number of carbonyl (C=O) groups excluding carboxylic acids is 2. The molecule has 1 aromatic carbocycles. The molecule has 0 radical (unpaired) electrons. The van der Waals surface area contributed by atoms with Crippen molar-refractivity contribution in [3.8, 4) is 5.75 Å². The van der Waals surface area contributed by atoms with Crippen LogP contribution in [0.4, 0.5) is 0 Å². The molecule has 6 nitrogen and oxygen atoms in total. The molecule has 1 aliphatic heterocycles. The van der Waals surface area contributed by atoms with Crippen LogP contribution in [0.25, 0.3) is 0 Å². The van der Waals surface area contributed by atoms with Crippen LogP contribution in [0.1, 0.15) is 27.0 Å². The van der Waals surface area contributed by atoms with Gasteiger partial charge in [0.2, 0.25) is 5.91 Å². The van der Waals surface area contributed by atoms with E-state index < -0.39 is 0 Å². The zero-order valence-corrected chi connectivity index (χ0v) is 16.1. The first-order valence-electron chi connectivity index (χ1n) is 9.11. The normalized spacial score (nSPS) is 14.2. The van der Waals surface area contributed by atoms with Crippen LogP contribution >= 0.6 is 0 Å². The monoisotopic (exact) mass is 367 g/mol. The number of carbonyl (C=O) groups is 2. The predicted molar refractivity (Wildman–Crippen MR) is 103 cm³/mol. The highest BCUT2D eigenvalue weighted by atomic mass is 16.5. The van der Waals surface area contributed by atoms with Crippen molar-refractivity contribution in [2.24, 2.45) is 0 Å². The Hall–Kier alpha value is -2.89. The molecule has 2 amide bonds. The van der Waals surface area contributed by atoms with E-state index in [-0.39, 0.29) is 11.8 Å². The molecule has 1 saturated heterocycles. The fraction of sp³-hybridized carbons (Fsp3) is 0.381. The molecule has 0 bridgehead atoms. The summed E-state index contributed by atoms with van der Waals surface area (Å²) in [6.45, 7) is 6.22. The van der Waals surface area contributed by atoms with Crippen molar-refractivity contribution in [2.45, 2.75) is 20.3 Å². The van der Waals surface area contributed by atoms with Crippen LogP contribution in [-0.4, -0.2) is 59.9 Å². The summed E-state index contributed by atoms with van der Waals surface area (Å²) in [6.07, 6.45) is 3.60. The SMILES string of the molecule is COc1ccc(CC(=O)N2CCN(C(=O)c3cccnc3)CC2)c(C)c1C. The minimum absolute atomic E-state index is 0.0307. The summed E-state index contributed by atoms with van der Waals surface area (Å²) in [6, 6.07) is 7.39. The lowest BCUT2D eigenvalue weighted by molar-refractivity contribution is -0.131. The Balaban J connectivity index is 1.59. The predicted octanol–water partition coefficient (Wildman–Crippen LogP) is 2.23. The van der Waals surface area contributed by atoms with Crippen molar-refractivity contribution in [3.05, 3.63) is 58.9 Å². The van der Waals surface area contributed by atoms with Crippen molar-refractivity contribution in [1.82, 2.24) is 14.8 Å². The van der Waals surface area contributed by atoms with Gasteiger partial charge >= 0.3 is 0 Å². The largest absolute Gasteiger partial charge is 0.496 e. The quantitative estimate of drug-likeness (QED) is 0.831. The Bertz CT molecular complexity index is 828. The van der Waals surface area contributed by atoms with E-state index in [1.807, 2.05) is 30.9 Å². The van der Waals surface area contributed by atoms with Crippen LogP contribution in [0.2, 0.25) is 0 Å². The number of hydrogen-bond donors (Lipinski definition) is 0. The average molecular weight is 367 g/mol. The van der Waals surface area contributed by atoms with Crippen LogP contribution in [-0.2, 0) is 11.2 Å². The molecule has 2 heterocycles. The Kier molecular flexibility index (Phi) is 5.74. The lowest BCUT2D eigenvalue weighted by Gasteiger charge is -2.35. The zero-order valence-electron chi connectivity index (χ0n) is 16.1. The van der Waals surface area contributed by atoms with E-state index in [1.54, 1.807) is 36.5 Å². The molecule has 1 fully saturated rings. The van der Waals surface area contributed by atoms with Crippen molar-refractivity contribution in [3.63, 3.8) is 0 Å². The van der Waals surface area contributed by atoms with E-state index >= 15 is 0 Å². The van der Waals surface area contributed by atoms with Gasteiger partial charge in [0.15, 0.2) is 0 Å². The molecule has 6 heteroatoms. The fourth-order valence-electron chi connectivity index (χ4n) is 3.37. The molecule has 142 valence electrons. The molecule has 0 atom stereocenters. The van der Waals surface area contributed by atoms with Gasteiger partial charge in [-0.25, -0.2) is 0 Å². The number of aromatic nitrogens is 1. The first kappa shape index (κ1) is 18.9. The standard InChI is InChI=1S/C21H25N3O3/c1-15-16(2)19(27-3)7-6-17(15)13-20(25)23-9-11-24(12-10-23)21(26)18-5-4-8-22-14-18/h4-8,14H,9-13H2,1-3H3. The minimum Gasteiger partial charge on any atom is -0.496 e. The number of hydrogen-bond acceptors (Lipinski definition) is 4. The molecular weight excluding hydrogens is 342 g/mol. The summed E-state index contributed by atoms with van der Waals surface area (Å²) in [5.74, 6) is 0.902. The fourth-order valence-corrected chi connectivity index (χ4v) is 3.37. The van der Waals surface area contributed by atoms with Gasteiger partial charge in [0.25, 0.3) is 5.91 Å². The maximum Gasteiger partial charge on any atom is 0.255 e. The van der Waals surface area contributed by atoms with E-state index in [2.05, 4.69) is 4.98 Å². The molecule has 2 aromatic rings. The highest BCUT2D eigenvalue weighted by Crippen LogP contribution is 2.24. The van der Waals surface area contributed by atoms with Crippen molar-refractivity contribution >= 4 is 11.8 Å². The van der Waals surface area contributed by atoms with E-state index in [0.29, 0.717) is 38.2 Å². The third kappa shape index (κ3) is 4.10. The minimum atomic E-state index is -0.0307. The second-order valence-corrected chi connectivity index (χ2v) is 6.77. The van der Waals surface area contributed by atoms with Gasteiger partial charge in [-0.3, -0.25) is 14.6 Å². The zero-order chi connectivity index (χ0) is 19.4. The highest BCUT2D eigenvalue weighted by molar-refractivity contribution is 5.94. The topological polar surface area (TPSA) is 62.7 Å².